The van der Waals surface area contributed by atoms with Gasteiger partial charge in [0.25, 0.3) is 0 Å². The fraction of sp³-hybridized carbons (Fsp3) is 0.300. The van der Waals surface area contributed by atoms with Crippen LogP contribution in [0.1, 0.15) is 29.8 Å². The van der Waals surface area contributed by atoms with Crippen molar-refractivity contribution in [2.24, 2.45) is 5.92 Å². The Morgan fingerprint density at radius 1 is 1.04 bits per heavy atom. The summed E-state index contributed by atoms with van der Waals surface area (Å²) in [6, 6.07) is 17.2. The highest BCUT2D eigenvalue weighted by Crippen LogP contribution is 2.26. The zero-order valence-corrected chi connectivity index (χ0v) is 13.4. The largest absolute Gasteiger partial charge is 0.309 e. The summed E-state index contributed by atoms with van der Waals surface area (Å²) in [5.74, 6) is 0.688. The van der Waals surface area contributed by atoms with Crippen molar-refractivity contribution in [3.05, 3.63) is 71.5 Å². The summed E-state index contributed by atoms with van der Waals surface area (Å²) in [5, 5.41) is 4.74. The second kappa shape index (κ2) is 6.09. The second-order valence-electron chi connectivity index (χ2n) is 6.46. The molecule has 1 aliphatic rings. The van der Waals surface area contributed by atoms with Crippen LogP contribution >= 0.6 is 0 Å². The predicted octanol–water partition coefficient (Wildman–Crippen LogP) is 3.70. The molecule has 1 aliphatic carbocycles. The van der Waals surface area contributed by atoms with Crippen molar-refractivity contribution >= 4 is 11.0 Å². The van der Waals surface area contributed by atoms with E-state index in [1.54, 1.807) is 6.20 Å². The van der Waals surface area contributed by atoms with Gasteiger partial charge in [-0.15, -0.1) is 0 Å². The molecule has 0 radical (unpaired) electrons. The van der Waals surface area contributed by atoms with E-state index in [4.69, 9.17) is 0 Å². The molecule has 3 aromatic rings. The Kier molecular flexibility index (Phi) is 3.80. The number of pyridine rings is 2. The van der Waals surface area contributed by atoms with Crippen LogP contribution in [0, 0.1) is 5.92 Å². The summed E-state index contributed by atoms with van der Waals surface area (Å²) in [6.07, 6.45) is 4.16. The van der Waals surface area contributed by atoms with Crippen molar-refractivity contribution in [2.45, 2.75) is 25.8 Å². The van der Waals surface area contributed by atoms with Gasteiger partial charge in [-0.05, 0) is 67.6 Å². The molecule has 0 saturated heterocycles. The molecular weight excluding hydrogens is 282 g/mol. The lowest BCUT2D eigenvalue weighted by atomic mass is 10.1. The zero-order valence-electron chi connectivity index (χ0n) is 13.4. The van der Waals surface area contributed by atoms with Gasteiger partial charge in [-0.25, -0.2) is 9.97 Å². The lowest BCUT2D eigenvalue weighted by Crippen LogP contribution is -2.26. The highest BCUT2D eigenvalue weighted by molar-refractivity contribution is 5.74. The van der Waals surface area contributed by atoms with Gasteiger partial charge in [0.2, 0.25) is 0 Å². The lowest BCUT2D eigenvalue weighted by molar-refractivity contribution is 0.454. The van der Waals surface area contributed by atoms with Gasteiger partial charge in [0, 0.05) is 17.6 Å². The van der Waals surface area contributed by atoms with Crippen molar-refractivity contribution in [3.8, 4) is 0 Å². The lowest BCUT2D eigenvalue weighted by Gasteiger charge is -2.17. The van der Waals surface area contributed by atoms with Gasteiger partial charge >= 0.3 is 0 Å². The first-order valence-electron chi connectivity index (χ1n) is 8.31. The van der Waals surface area contributed by atoms with Crippen molar-refractivity contribution in [1.29, 1.82) is 0 Å². The van der Waals surface area contributed by atoms with E-state index in [1.807, 2.05) is 12.1 Å². The molecule has 1 aromatic carbocycles. The molecule has 2 aromatic heterocycles. The number of rotatable bonds is 4. The van der Waals surface area contributed by atoms with Gasteiger partial charge in [0.15, 0.2) is 5.65 Å². The molecule has 0 spiro atoms. The third-order valence-electron chi connectivity index (χ3n) is 4.78. The Morgan fingerprint density at radius 3 is 2.61 bits per heavy atom. The molecule has 3 heteroatoms. The number of aromatic nitrogens is 2. The fourth-order valence-electron chi connectivity index (χ4n) is 3.45. The van der Waals surface area contributed by atoms with Crippen LogP contribution in [0.25, 0.3) is 11.0 Å². The molecule has 0 bridgehead atoms. The van der Waals surface area contributed by atoms with Gasteiger partial charge in [-0.2, -0.15) is 0 Å². The standard InChI is InChI=1S/C20H21N3/c1-14(19-9-8-16-7-4-10-21-20(16)23-19)22-13-15-11-17-5-2-3-6-18(17)12-15/h2-10,14-15,22H,11-13H2,1H3. The first-order valence-corrected chi connectivity index (χ1v) is 8.31. The molecule has 0 fully saturated rings. The number of hydrogen-bond acceptors (Lipinski definition) is 3. The third-order valence-corrected chi connectivity index (χ3v) is 4.78. The first-order chi connectivity index (χ1) is 11.3. The van der Waals surface area contributed by atoms with Crippen LogP contribution in [0.5, 0.6) is 0 Å². The number of benzene rings is 1. The Hall–Kier alpha value is -2.26. The zero-order chi connectivity index (χ0) is 15.6. The van der Waals surface area contributed by atoms with E-state index >= 15 is 0 Å². The average Bonchev–Trinajstić information content (AvgIpc) is 3.02. The maximum Gasteiger partial charge on any atom is 0.159 e. The van der Waals surface area contributed by atoms with Gasteiger partial charge in [0.05, 0.1) is 5.69 Å². The number of hydrogen-bond donors (Lipinski definition) is 1. The normalized spacial score (nSPS) is 15.7. The van der Waals surface area contributed by atoms with E-state index in [0.29, 0.717) is 5.92 Å². The van der Waals surface area contributed by atoms with Crippen molar-refractivity contribution in [1.82, 2.24) is 15.3 Å². The third kappa shape index (κ3) is 2.97. The number of fused-ring (bicyclic) bond motifs is 2. The minimum absolute atomic E-state index is 0.241. The molecule has 23 heavy (non-hydrogen) atoms. The summed E-state index contributed by atoms with van der Waals surface area (Å²) in [6.45, 7) is 3.21. The van der Waals surface area contributed by atoms with E-state index in [9.17, 15) is 0 Å². The summed E-state index contributed by atoms with van der Waals surface area (Å²) < 4.78 is 0. The molecule has 3 nitrogen and oxygen atoms in total. The highest BCUT2D eigenvalue weighted by Gasteiger charge is 2.21. The topological polar surface area (TPSA) is 37.8 Å². The highest BCUT2D eigenvalue weighted by atomic mass is 15.0. The molecule has 0 amide bonds. The Morgan fingerprint density at radius 2 is 1.83 bits per heavy atom. The summed E-state index contributed by atoms with van der Waals surface area (Å²) in [4.78, 5) is 9.04. The molecule has 0 saturated carbocycles. The molecule has 1 unspecified atom stereocenters. The van der Waals surface area contributed by atoms with Crippen molar-refractivity contribution in [3.63, 3.8) is 0 Å². The van der Waals surface area contributed by atoms with Crippen LogP contribution < -0.4 is 5.32 Å². The van der Waals surface area contributed by atoms with Crippen LogP contribution in [-0.4, -0.2) is 16.5 Å². The molecule has 4 rings (SSSR count). The molecule has 1 N–H and O–H groups in total. The van der Waals surface area contributed by atoms with E-state index in [-0.39, 0.29) is 6.04 Å². The molecular formula is C20H21N3. The minimum Gasteiger partial charge on any atom is -0.309 e. The van der Waals surface area contributed by atoms with Crippen LogP contribution in [0.15, 0.2) is 54.7 Å². The molecule has 2 heterocycles. The quantitative estimate of drug-likeness (QED) is 0.798. The monoisotopic (exact) mass is 303 g/mol. The maximum absolute atomic E-state index is 4.69. The van der Waals surface area contributed by atoms with Crippen molar-refractivity contribution < 1.29 is 0 Å². The predicted molar refractivity (Wildman–Crippen MR) is 93.3 cm³/mol. The minimum atomic E-state index is 0.241. The summed E-state index contributed by atoms with van der Waals surface area (Å²) in [5.41, 5.74) is 4.92. The first kappa shape index (κ1) is 14.3. The second-order valence-corrected chi connectivity index (χ2v) is 6.46. The van der Waals surface area contributed by atoms with Crippen molar-refractivity contribution in [2.75, 3.05) is 6.54 Å². The van der Waals surface area contributed by atoms with Crippen LogP contribution in [0.3, 0.4) is 0 Å². The maximum atomic E-state index is 4.69. The molecule has 1 atom stereocenters. The molecule has 0 aliphatic heterocycles. The Bertz CT molecular complexity index is 803. The van der Waals surface area contributed by atoms with Gasteiger partial charge < -0.3 is 5.32 Å². The van der Waals surface area contributed by atoms with E-state index < -0.39 is 0 Å². The number of nitrogens with zero attached hydrogens (tertiary/aromatic N) is 2. The van der Waals surface area contributed by atoms with Gasteiger partial charge in [-0.3, -0.25) is 0 Å². The summed E-state index contributed by atoms with van der Waals surface area (Å²) >= 11 is 0. The van der Waals surface area contributed by atoms with Crippen LogP contribution in [-0.2, 0) is 12.8 Å². The molecule has 116 valence electrons. The van der Waals surface area contributed by atoms with Crippen LogP contribution in [0.2, 0.25) is 0 Å². The average molecular weight is 303 g/mol. The number of nitrogens with one attached hydrogen (secondary N) is 1. The summed E-state index contributed by atoms with van der Waals surface area (Å²) in [7, 11) is 0. The SMILES string of the molecule is CC(NCC1Cc2ccccc2C1)c1ccc2cccnc2n1. The van der Waals surface area contributed by atoms with Gasteiger partial charge in [-0.1, -0.05) is 24.3 Å². The van der Waals surface area contributed by atoms with Gasteiger partial charge in [0.1, 0.15) is 0 Å². The Balaban J connectivity index is 1.41. The smallest absolute Gasteiger partial charge is 0.159 e. The van der Waals surface area contributed by atoms with E-state index in [2.05, 4.69) is 58.6 Å². The van der Waals surface area contributed by atoms with E-state index in [0.717, 1.165) is 23.3 Å². The Labute approximate surface area is 136 Å². The van der Waals surface area contributed by atoms with Crippen LogP contribution in [0.4, 0.5) is 0 Å². The fourth-order valence-corrected chi connectivity index (χ4v) is 3.45. The van der Waals surface area contributed by atoms with E-state index in [1.165, 1.54) is 24.0 Å².